The van der Waals surface area contributed by atoms with Crippen molar-refractivity contribution >= 4 is 17.1 Å². The summed E-state index contributed by atoms with van der Waals surface area (Å²) in [5.74, 6) is -0.318. The maximum Gasteiger partial charge on any atom is 0.419 e. The topological polar surface area (TPSA) is 27.7 Å². The van der Waals surface area contributed by atoms with Crippen LogP contribution >= 0.6 is 0 Å². The van der Waals surface area contributed by atoms with Crippen molar-refractivity contribution in [1.29, 1.82) is 0 Å². The van der Waals surface area contributed by atoms with E-state index in [4.69, 9.17) is 4.74 Å². The molecule has 1 N–H and O–H groups in total. The summed E-state index contributed by atoms with van der Waals surface area (Å²) in [6.07, 6.45) is -1.28. The lowest BCUT2D eigenvalue weighted by atomic mass is 9.87. The molecule has 2 aromatic carbocycles. The summed E-state index contributed by atoms with van der Waals surface area (Å²) >= 11 is 0. The molecule has 1 saturated heterocycles. The Morgan fingerprint density at radius 1 is 1.20 bits per heavy atom. The van der Waals surface area contributed by atoms with Crippen LogP contribution in [0.2, 0.25) is 0 Å². The number of anilines is 3. The molecule has 3 aliphatic heterocycles. The molecule has 2 unspecified atom stereocenters. The van der Waals surface area contributed by atoms with Crippen molar-refractivity contribution in [3.63, 3.8) is 0 Å². The molecule has 1 fully saturated rings. The van der Waals surface area contributed by atoms with Crippen molar-refractivity contribution < 1.29 is 22.3 Å². The summed E-state index contributed by atoms with van der Waals surface area (Å²) in [5.41, 5.74) is 2.57. The van der Waals surface area contributed by atoms with E-state index in [2.05, 4.69) is 29.0 Å². The number of hydrogen-bond acceptors (Lipinski definition) is 4. The van der Waals surface area contributed by atoms with Crippen LogP contribution in [0.15, 0.2) is 30.3 Å². The van der Waals surface area contributed by atoms with Gasteiger partial charge in [0.25, 0.3) is 0 Å². The van der Waals surface area contributed by atoms with Crippen LogP contribution in [0.4, 0.5) is 34.6 Å². The lowest BCUT2D eigenvalue weighted by molar-refractivity contribution is -0.139. The van der Waals surface area contributed by atoms with Crippen molar-refractivity contribution in [3.05, 3.63) is 52.8 Å². The van der Waals surface area contributed by atoms with Crippen molar-refractivity contribution in [1.82, 2.24) is 4.90 Å². The monoisotopic (exact) mass is 491 g/mol. The van der Waals surface area contributed by atoms with Gasteiger partial charge < -0.3 is 19.9 Å². The third kappa shape index (κ3) is 4.75. The Hall–Kier alpha value is -2.32. The van der Waals surface area contributed by atoms with Crippen LogP contribution in [0, 0.1) is 11.7 Å². The number of likely N-dealkylation sites (tertiary alicyclic amines) is 1. The third-order valence-corrected chi connectivity index (χ3v) is 7.63. The average Bonchev–Trinajstić information content (AvgIpc) is 2.95. The van der Waals surface area contributed by atoms with Gasteiger partial charge in [0.1, 0.15) is 0 Å². The summed E-state index contributed by atoms with van der Waals surface area (Å²) in [5, 5.41) is 2.94. The number of ether oxygens (including phenoxy) is 1. The molecule has 0 amide bonds. The average molecular weight is 492 g/mol. The van der Waals surface area contributed by atoms with E-state index in [0.717, 1.165) is 44.2 Å². The Morgan fingerprint density at radius 2 is 2.03 bits per heavy atom. The Morgan fingerprint density at radius 3 is 2.80 bits per heavy atom. The Bertz CT molecular complexity index is 1070. The van der Waals surface area contributed by atoms with Crippen LogP contribution in [0.1, 0.15) is 55.7 Å². The molecule has 0 spiro atoms. The quantitative estimate of drug-likeness (QED) is 0.465. The van der Waals surface area contributed by atoms with Gasteiger partial charge in [-0.1, -0.05) is 26.3 Å². The first kappa shape index (κ1) is 24.4. The van der Waals surface area contributed by atoms with E-state index in [-0.39, 0.29) is 5.69 Å². The molecule has 3 atom stereocenters. The lowest BCUT2D eigenvalue weighted by Crippen LogP contribution is -2.47. The second-order valence-electron chi connectivity index (χ2n) is 10.2. The molecule has 5 rings (SSSR count). The first-order chi connectivity index (χ1) is 16.8. The minimum Gasteiger partial charge on any atom is -0.375 e. The molecular weight excluding hydrogens is 458 g/mol. The van der Waals surface area contributed by atoms with Crippen molar-refractivity contribution in [3.8, 4) is 0 Å². The van der Waals surface area contributed by atoms with Crippen LogP contribution in [0.5, 0.6) is 0 Å². The van der Waals surface area contributed by atoms with E-state index < -0.39 is 17.6 Å². The maximum absolute atomic E-state index is 14.7. The molecule has 0 bridgehead atoms. The maximum atomic E-state index is 14.7. The predicted octanol–water partition coefficient (Wildman–Crippen LogP) is 6.53. The van der Waals surface area contributed by atoms with Crippen molar-refractivity contribution in [2.75, 3.05) is 43.0 Å². The predicted molar refractivity (Wildman–Crippen MR) is 130 cm³/mol. The van der Waals surface area contributed by atoms with Gasteiger partial charge in [-0.3, -0.25) is 0 Å². The van der Waals surface area contributed by atoms with E-state index in [1.807, 2.05) is 12.1 Å². The third-order valence-electron chi connectivity index (χ3n) is 7.63. The van der Waals surface area contributed by atoms with Gasteiger partial charge in [0.15, 0.2) is 5.82 Å². The fourth-order valence-electron chi connectivity index (χ4n) is 6.20. The molecule has 2 aromatic rings. The summed E-state index contributed by atoms with van der Waals surface area (Å²) < 4.78 is 60.3. The van der Waals surface area contributed by atoms with E-state index in [0.29, 0.717) is 36.8 Å². The fraction of sp³-hybridized carbons (Fsp3) is 0.556. The number of halogens is 4. The van der Waals surface area contributed by atoms with Gasteiger partial charge >= 0.3 is 6.18 Å². The van der Waals surface area contributed by atoms with E-state index in [9.17, 15) is 17.6 Å². The number of alkyl halides is 3. The molecule has 190 valence electrons. The molecule has 0 aromatic heterocycles. The fourth-order valence-corrected chi connectivity index (χ4v) is 6.20. The summed E-state index contributed by atoms with van der Waals surface area (Å²) in [6.45, 7) is 9.55. The van der Waals surface area contributed by atoms with Crippen LogP contribution in [-0.2, 0) is 17.5 Å². The normalized spacial score (nSPS) is 23.0. The number of rotatable bonds is 6. The smallest absolute Gasteiger partial charge is 0.375 e. The lowest BCUT2D eigenvalue weighted by Gasteiger charge is -2.39. The zero-order valence-electron chi connectivity index (χ0n) is 20.3. The van der Waals surface area contributed by atoms with Gasteiger partial charge in [-0.15, -0.1) is 0 Å². The van der Waals surface area contributed by atoms with Gasteiger partial charge in [-0.05, 0) is 48.6 Å². The SMILES string of the molecule is CCCC(C)CN1CCC2[C@@H](C1)c1cc(Nc3cccc(C(F)(F)F)c3F)cc3c1N2CCOC3. The Kier molecular flexibility index (Phi) is 6.70. The first-order valence-corrected chi connectivity index (χ1v) is 12.6. The number of fused-ring (bicyclic) bond motifs is 3. The van der Waals surface area contributed by atoms with E-state index in [1.165, 1.54) is 36.2 Å². The molecule has 0 saturated carbocycles. The highest BCUT2D eigenvalue weighted by Gasteiger charge is 2.44. The largest absolute Gasteiger partial charge is 0.419 e. The summed E-state index contributed by atoms with van der Waals surface area (Å²) in [6, 6.07) is 7.65. The van der Waals surface area contributed by atoms with Gasteiger partial charge in [0, 0.05) is 55.1 Å². The molecule has 8 heteroatoms. The van der Waals surface area contributed by atoms with E-state index in [1.54, 1.807) is 0 Å². The molecule has 4 nitrogen and oxygen atoms in total. The van der Waals surface area contributed by atoms with Crippen LogP contribution in [0.25, 0.3) is 0 Å². The van der Waals surface area contributed by atoms with Crippen molar-refractivity contribution in [2.45, 2.75) is 57.9 Å². The highest BCUT2D eigenvalue weighted by atomic mass is 19.4. The number of nitrogens with zero attached hydrogens (tertiary/aromatic N) is 2. The minimum absolute atomic E-state index is 0.174. The van der Waals surface area contributed by atoms with Gasteiger partial charge in [-0.2, -0.15) is 13.2 Å². The standard InChI is InChI=1S/C27H33F4N3O/c1-3-5-17(2)14-33-9-8-24-21(15-33)20-13-19(12-18-16-35-11-10-34(24)26(18)20)32-23-7-4-6-22(25(23)28)27(29,30)31/h4,6-7,12-13,17,21,24,32H,3,5,8-11,14-16H2,1-2H3/t17?,21-,24?/m0/s1. The zero-order valence-corrected chi connectivity index (χ0v) is 20.3. The summed E-state index contributed by atoms with van der Waals surface area (Å²) in [4.78, 5) is 5.03. The zero-order chi connectivity index (χ0) is 24.7. The van der Waals surface area contributed by atoms with E-state index >= 15 is 0 Å². The second kappa shape index (κ2) is 9.62. The molecule has 3 aliphatic rings. The molecule has 35 heavy (non-hydrogen) atoms. The van der Waals surface area contributed by atoms with Crippen LogP contribution in [0.3, 0.4) is 0 Å². The second-order valence-corrected chi connectivity index (χ2v) is 10.2. The summed E-state index contributed by atoms with van der Waals surface area (Å²) in [7, 11) is 0. The molecule has 0 aliphatic carbocycles. The Balaban J connectivity index is 1.47. The number of benzene rings is 2. The van der Waals surface area contributed by atoms with Gasteiger partial charge in [-0.25, -0.2) is 4.39 Å². The number of hydrogen-bond donors (Lipinski definition) is 1. The first-order valence-electron chi connectivity index (χ1n) is 12.6. The Labute approximate surface area is 204 Å². The highest BCUT2D eigenvalue weighted by molar-refractivity contribution is 5.74. The van der Waals surface area contributed by atoms with Gasteiger partial charge in [0.05, 0.1) is 24.5 Å². The molecule has 0 radical (unpaired) electrons. The van der Waals surface area contributed by atoms with Gasteiger partial charge in [0.2, 0.25) is 0 Å². The number of nitrogens with one attached hydrogen (secondary N) is 1. The minimum atomic E-state index is -4.74. The molecular formula is C27H33F4N3O. The number of piperidine rings is 1. The van der Waals surface area contributed by atoms with Crippen molar-refractivity contribution in [2.24, 2.45) is 5.92 Å². The van der Waals surface area contributed by atoms with Crippen LogP contribution < -0.4 is 10.2 Å². The molecule has 3 heterocycles. The van der Waals surface area contributed by atoms with Crippen LogP contribution in [-0.4, -0.2) is 43.7 Å². The highest BCUT2D eigenvalue weighted by Crippen LogP contribution is 2.49.